The number of nitrogens with two attached hydrogens (primary N) is 1. The van der Waals surface area contributed by atoms with Gasteiger partial charge in [0.05, 0.1) is 12.1 Å². The topological polar surface area (TPSA) is 96.1 Å². The number of aliphatic hydroxyl groups excluding tert-OH is 1. The van der Waals surface area contributed by atoms with E-state index in [1.165, 1.54) is 6.33 Å². The molecule has 0 amide bonds. The fourth-order valence-electron chi connectivity index (χ4n) is 1.28. The standard InChI is InChI=1S/C8H12BrN5O/c9-5-6(11-4-12-7(5)14-10)13-8(3-15)1-2-8/h4,15H,1-3,10H2,(H2,11,12,13,14). The van der Waals surface area contributed by atoms with Gasteiger partial charge in [-0.05, 0) is 28.8 Å². The van der Waals surface area contributed by atoms with Crippen LogP contribution in [0.3, 0.4) is 0 Å². The maximum absolute atomic E-state index is 9.17. The van der Waals surface area contributed by atoms with Crippen molar-refractivity contribution in [1.82, 2.24) is 9.97 Å². The van der Waals surface area contributed by atoms with Crippen LogP contribution in [0.1, 0.15) is 12.8 Å². The Hall–Kier alpha value is -0.920. The van der Waals surface area contributed by atoms with Crippen LogP contribution in [0.5, 0.6) is 0 Å². The van der Waals surface area contributed by atoms with Crippen LogP contribution in [-0.4, -0.2) is 27.2 Å². The van der Waals surface area contributed by atoms with Crippen molar-refractivity contribution in [2.45, 2.75) is 18.4 Å². The van der Waals surface area contributed by atoms with E-state index < -0.39 is 0 Å². The number of rotatable bonds is 4. The van der Waals surface area contributed by atoms with Crippen LogP contribution >= 0.6 is 15.9 Å². The van der Waals surface area contributed by atoms with E-state index in [9.17, 15) is 5.11 Å². The zero-order valence-electron chi connectivity index (χ0n) is 8.00. The number of aromatic nitrogens is 2. The molecule has 1 aromatic heterocycles. The monoisotopic (exact) mass is 273 g/mol. The van der Waals surface area contributed by atoms with Crippen LogP contribution in [0.4, 0.5) is 11.6 Å². The third-order valence-electron chi connectivity index (χ3n) is 2.47. The largest absolute Gasteiger partial charge is 0.394 e. The van der Waals surface area contributed by atoms with Gasteiger partial charge in [-0.3, -0.25) is 0 Å². The number of nitrogens with zero attached hydrogens (tertiary/aromatic N) is 2. The molecule has 15 heavy (non-hydrogen) atoms. The molecular formula is C8H12BrN5O. The van der Waals surface area contributed by atoms with Gasteiger partial charge in [0.15, 0.2) is 5.82 Å². The highest BCUT2D eigenvalue weighted by Crippen LogP contribution is 2.40. The number of nitrogens with one attached hydrogen (secondary N) is 2. The molecule has 1 saturated carbocycles. The number of hydrogen-bond donors (Lipinski definition) is 4. The van der Waals surface area contributed by atoms with Gasteiger partial charge >= 0.3 is 0 Å². The lowest BCUT2D eigenvalue weighted by Crippen LogP contribution is -2.26. The molecule has 82 valence electrons. The first kappa shape index (κ1) is 10.6. The smallest absolute Gasteiger partial charge is 0.159 e. The highest BCUT2D eigenvalue weighted by molar-refractivity contribution is 9.10. The van der Waals surface area contributed by atoms with Crippen molar-refractivity contribution >= 4 is 27.6 Å². The zero-order valence-corrected chi connectivity index (χ0v) is 9.58. The summed E-state index contributed by atoms with van der Waals surface area (Å²) in [5.74, 6) is 6.44. The highest BCUT2D eigenvalue weighted by atomic mass is 79.9. The average molecular weight is 274 g/mol. The number of hydrogen-bond acceptors (Lipinski definition) is 6. The van der Waals surface area contributed by atoms with Gasteiger partial charge in [-0.1, -0.05) is 0 Å². The summed E-state index contributed by atoms with van der Waals surface area (Å²) in [5.41, 5.74) is 2.25. The zero-order chi connectivity index (χ0) is 10.9. The first-order valence-corrected chi connectivity index (χ1v) is 5.36. The number of hydrazine groups is 1. The van der Waals surface area contributed by atoms with E-state index in [0.29, 0.717) is 16.1 Å². The second kappa shape index (κ2) is 3.92. The molecule has 6 nitrogen and oxygen atoms in total. The van der Waals surface area contributed by atoms with Crippen molar-refractivity contribution < 1.29 is 5.11 Å². The van der Waals surface area contributed by atoms with Gasteiger partial charge in [-0.25, -0.2) is 15.8 Å². The van der Waals surface area contributed by atoms with Crippen molar-refractivity contribution in [3.8, 4) is 0 Å². The Morgan fingerprint density at radius 1 is 1.47 bits per heavy atom. The van der Waals surface area contributed by atoms with Gasteiger partial charge in [0, 0.05) is 0 Å². The Kier molecular flexibility index (Phi) is 2.76. The summed E-state index contributed by atoms with van der Waals surface area (Å²) in [4.78, 5) is 8.02. The Labute approximate surface area is 95.4 Å². The lowest BCUT2D eigenvalue weighted by Gasteiger charge is -2.16. The maximum atomic E-state index is 9.17. The summed E-state index contributed by atoms with van der Waals surface area (Å²) in [6.07, 6.45) is 3.31. The minimum Gasteiger partial charge on any atom is -0.394 e. The third-order valence-corrected chi connectivity index (χ3v) is 3.22. The Morgan fingerprint density at radius 3 is 2.67 bits per heavy atom. The molecule has 0 radical (unpaired) electrons. The predicted octanol–water partition coefficient (Wildman–Crippen LogP) is 0.461. The summed E-state index contributed by atoms with van der Waals surface area (Å²) in [7, 11) is 0. The molecule has 1 aromatic rings. The molecule has 1 fully saturated rings. The van der Waals surface area contributed by atoms with E-state index in [1.807, 2.05) is 0 Å². The van der Waals surface area contributed by atoms with Gasteiger partial charge in [0.1, 0.15) is 16.6 Å². The van der Waals surface area contributed by atoms with E-state index in [-0.39, 0.29) is 12.1 Å². The predicted molar refractivity (Wildman–Crippen MR) is 60.2 cm³/mol. The fraction of sp³-hybridized carbons (Fsp3) is 0.500. The van der Waals surface area contributed by atoms with E-state index in [1.54, 1.807) is 0 Å². The lowest BCUT2D eigenvalue weighted by atomic mass is 10.3. The van der Waals surface area contributed by atoms with E-state index >= 15 is 0 Å². The molecule has 0 aliphatic heterocycles. The van der Waals surface area contributed by atoms with Crippen molar-refractivity contribution in [3.63, 3.8) is 0 Å². The first-order valence-electron chi connectivity index (χ1n) is 4.57. The maximum Gasteiger partial charge on any atom is 0.159 e. The Balaban J connectivity index is 2.21. The van der Waals surface area contributed by atoms with Crippen molar-refractivity contribution in [3.05, 3.63) is 10.8 Å². The summed E-state index contributed by atoms with van der Waals surface area (Å²) in [6.45, 7) is 0.106. The number of anilines is 2. The van der Waals surface area contributed by atoms with Crippen LogP contribution in [0, 0.1) is 0 Å². The van der Waals surface area contributed by atoms with Gasteiger partial charge in [0.2, 0.25) is 0 Å². The average Bonchev–Trinajstić information content (AvgIpc) is 3.02. The highest BCUT2D eigenvalue weighted by Gasteiger charge is 2.42. The van der Waals surface area contributed by atoms with Gasteiger partial charge < -0.3 is 15.8 Å². The first-order chi connectivity index (χ1) is 7.21. The molecule has 5 N–H and O–H groups in total. The van der Waals surface area contributed by atoms with Crippen LogP contribution in [0.2, 0.25) is 0 Å². The second-order valence-electron chi connectivity index (χ2n) is 3.59. The second-order valence-corrected chi connectivity index (χ2v) is 4.39. The quantitative estimate of drug-likeness (QED) is 0.470. The summed E-state index contributed by atoms with van der Waals surface area (Å²) in [5, 5.41) is 12.4. The van der Waals surface area contributed by atoms with Crippen LogP contribution in [-0.2, 0) is 0 Å². The molecule has 0 unspecified atom stereocenters. The molecule has 1 heterocycles. The van der Waals surface area contributed by atoms with E-state index in [0.717, 1.165) is 12.8 Å². The van der Waals surface area contributed by atoms with Gasteiger partial charge in [-0.15, -0.1) is 0 Å². The lowest BCUT2D eigenvalue weighted by molar-refractivity contribution is 0.266. The molecule has 0 aromatic carbocycles. The molecule has 7 heteroatoms. The van der Waals surface area contributed by atoms with E-state index in [4.69, 9.17) is 5.84 Å². The van der Waals surface area contributed by atoms with Crippen molar-refractivity contribution in [1.29, 1.82) is 0 Å². The SMILES string of the molecule is NNc1ncnc(NC2(CO)CC2)c1Br. The Morgan fingerprint density at radius 2 is 2.13 bits per heavy atom. The fourth-order valence-corrected chi connectivity index (χ4v) is 1.70. The van der Waals surface area contributed by atoms with Crippen molar-refractivity contribution in [2.24, 2.45) is 5.84 Å². The number of halogens is 1. The number of nitrogen functional groups attached to an aromatic ring is 1. The third kappa shape index (κ3) is 2.04. The molecule has 1 aliphatic rings. The summed E-state index contributed by atoms with van der Waals surface area (Å²) < 4.78 is 0.673. The molecule has 0 bridgehead atoms. The molecule has 1 aliphatic carbocycles. The normalized spacial score (nSPS) is 17.3. The van der Waals surface area contributed by atoms with Crippen LogP contribution < -0.4 is 16.6 Å². The molecule has 0 atom stereocenters. The minimum atomic E-state index is -0.206. The summed E-state index contributed by atoms with van der Waals surface area (Å²) >= 11 is 3.34. The Bertz CT molecular complexity index is 368. The van der Waals surface area contributed by atoms with Crippen LogP contribution in [0.25, 0.3) is 0 Å². The van der Waals surface area contributed by atoms with Crippen molar-refractivity contribution in [2.75, 3.05) is 17.3 Å². The molecular weight excluding hydrogens is 262 g/mol. The van der Waals surface area contributed by atoms with E-state index in [2.05, 4.69) is 36.6 Å². The minimum absolute atomic E-state index is 0.106. The molecule has 2 rings (SSSR count). The molecule has 0 saturated heterocycles. The molecule has 0 spiro atoms. The van der Waals surface area contributed by atoms with Gasteiger partial charge in [0.25, 0.3) is 0 Å². The number of aliphatic hydroxyl groups is 1. The van der Waals surface area contributed by atoms with Gasteiger partial charge in [-0.2, -0.15) is 0 Å². The summed E-state index contributed by atoms with van der Waals surface area (Å²) in [6, 6.07) is 0. The van der Waals surface area contributed by atoms with Crippen LogP contribution in [0.15, 0.2) is 10.8 Å².